The zero-order valence-electron chi connectivity index (χ0n) is 13.2. The number of hydrogen-bond donors (Lipinski definition) is 0. The minimum atomic E-state index is 0.655. The summed E-state index contributed by atoms with van der Waals surface area (Å²) < 4.78 is 0. The lowest BCUT2D eigenvalue weighted by molar-refractivity contribution is 0.204. The molecule has 1 aliphatic rings. The molecule has 0 unspecified atom stereocenters. The van der Waals surface area contributed by atoms with Crippen LogP contribution < -0.4 is 0 Å². The predicted molar refractivity (Wildman–Crippen MR) is 90.7 cm³/mol. The fraction of sp³-hybridized carbons (Fsp3) is 0.529. The molecular weight excluding hydrogens is 292 g/mol. The lowest BCUT2D eigenvalue weighted by atomic mass is 10.1. The Morgan fingerprint density at radius 3 is 2.95 bits per heavy atom. The van der Waals surface area contributed by atoms with E-state index in [0.29, 0.717) is 6.04 Å². The Balaban J connectivity index is 1.51. The maximum Gasteiger partial charge on any atom is 0.0795 e. The number of thiazole rings is 1. The van der Waals surface area contributed by atoms with E-state index >= 15 is 0 Å². The zero-order chi connectivity index (χ0) is 15.2. The molecule has 2 aromatic rings. The molecule has 1 aliphatic heterocycles. The number of aromatic nitrogens is 2. The van der Waals surface area contributed by atoms with Crippen LogP contribution in [0.15, 0.2) is 35.3 Å². The standard InChI is InChI=1S/C17H24N4S/c1-20(11-15-5-2-3-8-18-15)17-6-4-9-21(10-7-17)12-16-13-22-14-19-16/h2-3,5,8,13-14,17H,4,6-7,9-12H2,1H3/t17-/m0/s1. The summed E-state index contributed by atoms with van der Waals surface area (Å²) in [6.07, 6.45) is 5.65. The maximum absolute atomic E-state index is 4.44. The second kappa shape index (κ2) is 7.81. The molecule has 5 heteroatoms. The lowest BCUT2D eigenvalue weighted by Crippen LogP contribution is -2.32. The Labute approximate surface area is 136 Å². The summed E-state index contributed by atoms with van der Waals surface area (Å²) in [5.74, 6) is 0. The average molecular weight is 316 g/mol. The Morgan fingerprint density at radius 2 is 2.18 bits per heavy atom. The first kappa shape index (κ1) is 15.6. The smallest absolute Gasteiger partial charge is 0.0795 e. The van der Waals surface area contributed by atoms with Gasteiger partial charge in [0.2, 0.25) is 0 Å². The van der Waals surface area contributed by atoms with Crippen molar-refractivity contribution in [2.45, 2.75) is 38.4 Å². The van der Waals surface area contributed by atoms with Gasteiger partial charge in [-0.15, -0.1) is 11.3 Å². The largest absolute Gasteiger partial charge is 0.298 e. The molecule has 2 aromatic heterocycles. The first-order chi connectivity index (χ1) is 10.8. The summed E-state index contributed by atoms with van der Waals surface area (Å²) in [6, 6.07) is 6.81. The van der Waals surface area contributed by atoms with Crippen LogP contribution in [0.3, 0.4) is 0 Å². The van der Waals surface area contributed by atoms with Crippen LogP contribution >= 0.6 is 11.3 Å². The summed E-state index contributed by atoms with van der Waals surface area (Å²) in [6.45, 7) is 4.29. The maximum atomic E-state index is 4.44. The van der Waals surface area contributed by atoms with E-state index < -0.39 is 0 Å². The van der Waals surface area contributed by atoms with Gasteiger partial charge in [-0.3, -0.25) is 14.8 Å². The highest BCUT2D eigenvalue weighted by molar-refractivity contribution is 7.07. The molecule has 0 saturated carbocycles. The van der Waals surface area contributed by atoms with Crippen LogP contribution in [0.4, 0.5) is 0 Å². The molecule has 22 heavy (non-hydrogen) atoms. The van der Waals surface area contributed by atoms with Crippen LogP contribution in [0.25, 0.3) is 0 Å². The minimum Gasteiger partial charge on any atom is -0.298 e. The quantitative estimate of drug-likeness (QED) is 0.849. The van der Waals surface area contributed by atoms with Crippen LogP contribution in [0.2, 0.25) is 0 Å². The highest BCUT2D eigenvalue weighted by atomic mass is 32.1. The molecule has 3 rings (SSSR count). The van der Waals surface area contributed by atoms with Crippen LogP contribution in [-0.2, 0) is 13.1 Å². The first-order valence-electron chi connectivity index (χ1n) is 8.01. The van der Waals surface area contributed by atoms with Gasteiger partial charge in [-0.2, -0.15) is 0 Å². The highest BCUT2D eigenvalue weighted by Gasteiger charge is 2.21. The SMILES string of the molecule is CN(Cc1ccccn1)[C@H]1CCCN(Cc2cscn2)CC1. The topological polar surface area (TPSA) is 32.3 Å². The van der Waals surface area contributed by atoms with Crippen LogP contribution in [0, 0.1) is 0 Å². The molecule has 1 fully saturated rings. The number of hydrogen-bond acceptors (Lipinski definition) is 5. The van der Waals surface area contributed by atoms with Gasteiger partial charge in [0.25, 0.3) is 0 Å². The second-order valence-corrected chi connectivity index (χ2v) is 6.80. The van der Waals surface area contributed by atoms with Gasteiger partial charge in [-0.05, 0) is 45.0 Å². The monoisotopic (exact) mass is 316 g/mol. The van der Waals surface area contributed by atoms with E-state index in [-0.39, 0.29) is 0 Å². The molecular formula is C17H24N4S. The van der Waals surface area contributed by atoms with Gasteiger partial charge in [0, 0.05) is 37.3 Å². The molecule has 3 heterocycles. The van der Waals surface area contributed by atoms with Crippen LogP contribution in [0.5, 0.6) is 0 Å². The van der Waals surface area contributed by atoms with Crippen LogP contribution in [0.1, 0.15) is 30.7 Å². The van der Waals surface area contributed by atoms with Crippen LogP contribution in [-0.4, -0.2) is 45.9 Å². The molecule has 118 valence electrons. The van der Waals surface area contributed by atoms with Gasteiger partial charge in [-0.1, -0.05) is 6.07 Å². The van der Waals surface area contributed by atoms with Crippen molar-refractivity contribution in [3.63, 3.8) is 0 Å². The van der Waals surface area contributed by atoms with Gasteiger partial charge in [0.15, 0.2) is 0 Å². The molecule has 0 bridgehead atoms. The third-order valence-corrected chi connectivity index (χ3v) is 5.06. The van der Waals surface area contributed by atoms with E-state index in [1.165, 1.54) is 31.5 Å². The van der Waals surface area contributed by atoms with Crippen molar-refractivity contribution in [3.8, 4) is 0 Å². The van der Waals surface area contributed by atoms with Crippen molar-refractivity contribution >= 4 is 11.3 Å². The number of rotatable bonds is 5. The van der Waals surface area contributed by atoms with Gasteiger partial charge in [-0.25, -0.2) is 4.98 Å². The van der Waals surface area contributed by atoms with Crippen molar-refractivity contribution in [1.82, 2.24) is 19.8 Å². The fourth-order valence-electron chi connectivity index (χ4n) is 3.16. The van der Waals surface area contributed by atoms with E-state index in [1.54, 1.807) is 11.3 Å². The van der Waals surface area contributed by atoms with Gasteiger partial charge < -0.3 is 0 Å². The normalized spacial score (nSPS) is 20.2. The van der Waals surface area contributed by atoms with E-state index in [9.17, 15) is 0 Å². The van der Waals surface area contributed by atoms with Gasteiger partial charge in [0.05, 0.1) is 16.9 Å². The predicted octanol–water partition coefficient (Wildman–Crippen LogP) is 3.02. The van der Waals surface area contributed by atoms with E-state index in [4.69, 9.17) is 0 Å². The number of nitrogens with zero attached hydrogens (tertiary/aromatic N) is 4. The Bertz CT molecular complexity index is 543. The molecule has 1 saturated heterocycles. The van der Waals surface area contributed by atoms with Crippen molar-refractivity contribution < 1.29 is 0 Å². The Hall–Kier alpha value is -1.30. The Morgan fingerprint density at radius 1 is 1.23 bits per heavy atom. The molecule has 0 radical (unpaired) electrons. The minimum absolute atomic E-state index is 0.655. The zero-order valence-corrected chi connectivity index (χ0v) is 14.0. The number of pyridine rings is 1. The van der Waals surface area contributed by atoms with Crippen molar-refractivity contribution in [3.05, 3.63) is 46.7 Å². The van der Waals surface area contributed by atoms with Gasteiger partial charge >= 0.3 is 0 Å². The molecule has 4 nitrogen and oxygen atoms in total. The third kappa shape index (κ3) is 4.35. The summed E-state index contributed by atoms with van der Waals surface area (Å²) in [5.41, 5.74) is 4.30. The Kier molecular flexibility index (Phi) is 5.53. The second-order valence-electron chi connectivity index (χ2n) is 6.08. The molecule has 0 amide bonds. The van der Waals surface area contributed by atoms with E-state index in [0.717, 1.165) is 25.3 Å². The summed E-state index contributed by atoms with van der Waals surface area (Å²) in [4.78, 5) is 13.9. The van der Waals surface area contributed by atoms with E-state index in [2.05, 4.69) is 44.3 Å². The molecule has 0 spiro atoms. The fourth-order valence-corrected chi connectivity index (χ4v) is 3.71. The summed E-state index contributed by atoms with van der Waals surface area (Å²) in [7, 11) is 2.23. The number of likely N-dealkylation sites (tertiary alicyclic amines) is 1. The van der Waals surface area contributed by atoms with Crippen molar-refractivity contribution in [2.24, 2.45) is 0 Å². The molecule has 1 atom stereocenters. The first-order valence-corrected chi connectivity index (χ1v) is 8.95. The molecule has 0 aliphatic carbocycles. The lowest BCUT2D eigenvalue weighted by Gasteiger charge is -2.27. The van der Waals surface area contributed by atoms with Gasteiger partial charge in [0.1, 0.15) is 0 Å². The summed E-state index contributed by atoms with van der Waals surface area (Å²) in [5, 5.41) is 2.16. The highest BCUT2D eigenvalue weighted by Crippen LogP contribution is 2.19. The average Bonchev–Trinajstić information content (AvgIpc) is 2.92. The summed E-state index contributed by atoms with van der Waals surface area (Å²) >= 11 is 1.69. The van der Waals surface area contributed by atoms with E-state index in [1.807, 2.05) is 17.8 Å². The van der Waals surface area contributed by atoms with Crippen molar-refractivity contribution in [1.29, 1.82) is 0 Å². The third-order valence-electron chi connectivity index (χ3n) is 4.42. The molecule has 0 N–H and O–H groups in total. The van der Waals surface area contributed by atoms with Crippen molar-refractivity contribution in [2.75, 3.05) is 20.1 Å². The molecule has 0 aromatic carbocycles.